The summed E-state index contributed by atoms with van der Waals surface area (Å²) in [5, 5.41) is 2.87. The average molecular weight is 321 g/mol. The van der Waals surface area contributed by atoms with Gasteiger partial charge in [0.2, 0.25) is 0 Å². The molecule has 1 aliphatic rings. The van der Waals surface area contributed by atoms with Crippen molar-refractivity contribution in [2.45, 2.75) is 6.92 Å². The SMILES string of the molecule is [C-]#[N+]c1ccc(NC(=O)N2CCN(c3ccc(C)cn3)CC2)cc1. The number of urea groups is 1. The molecule has 0 saturated carbocycles. The summed E-state index contributed by atoms with van der Waals surface area (Å²) in [5.74, 6) is 0.954. The van der Waals surface area contributed by atoms with E-state index in [1.807, 2.05) is 25.3 Å². The lowest BCUT2D eigenvalue weighted by Crippen LogP contribution is -2.50. The highest BCUT2D eigenvalue weighted by atomic mass is 16.2. The molecule has 1 aliphatic heterocycles. The summed E-state index contributed by atoms with van der Waals surface area (Å²) in [6.45, 7) is 11.8. The van der Waals surface area contributed by atoms with E-state index < -0.39 is 0 Å². The first kappa shape index (κ1) is 15.8. The van der Waals surface area contributed by atoms with Gasteiger partial charge in [0.15, 0.2) is 5.69 Å². The van der Waals surface area contributed by atoms with Crippen LogP contribution in [0.1, 0.15) is 5.56 Å². The molecular formula is C18H19N5O. The van der Waals surface area contributed by atoms with Gasteiger partial charge in [-0.15, -0.1) is 0 Å². The molecule has 0 aliphatic carbocycles. The third-order valence-electron chi connectivity index (χ3n) is 4.03. The van der Waals surface area contributed by atoms with Crippen molar-refractivity contribution in [3.05, 3.63) is 59.6 Å². The van der Waals surface area contributed by atoms with E-state index in [1.165, 1.54) is 0 Å². The van der Waals surface area contributed by atoms with Crippen molar-refractivity contribution in [3.8, 4) is 0 Å². The molecule has 3 rings (SSSR count). The fourth-order valence-corrected chi connectivity index (χ4v) is 2.61. The molecule has 2 amide bonds. The van der Waals surface area contributed by atoms with E-state index in [1.54, 1.807) is 29.2 Å². The van der Waals surface area contributed by atoms with Crippen molar-refractivity contribution < 1.29 is 4.79 Å². The monoisotopic (exact) mass is 321 g/mol. The highest BCUT2D eigenvalue weighted by Gasteiger charge is 2.21. The summed E-state index contributed by atoms with van der Waals surface area (Å²) in [5.41, 5.74) is 2.41. The van der Waals surface area contributed by atoms with Crippen LogP contribution >= 0.6 is 0 Å². The van der Waals surface area contributed by atoms with Crippen LogP contribution in [-0.4, -0.2) is 42.1 Å². The Bertz CT molecular complexity index is 740. The molecule has 1 aromatic heterocycles. The number of pyridine rings is 1. The fraction of sp³-hybridized carbons (Fsp3) is 0.278. The van der Waals surface area contributed by atoms with E-state index in [-0.39, 0.29) is 6.03 Å². The maximum Gasteiger partial charge on any atom is 0.321 e. The Morgan fingerprint density at radius 2 is 1.83 bits per heavy atom. The lowest BCUT2D eigenvalue weighted by molar-refractivity contribution is 0.208. The highest BCUT2D eigenvalue weighted by molar-refractivity contribution is 5.89. The molecule has 1 aromatic carbocycles. The largest absolute Gasteiger partial charge is 0.353 e. The minimum Gasteiger partial charge on any atom is -0.353 e. The summed E-state index contributed by atoms with van der Waals surface area (Å²) < 4.78 is 0. The van der Waals surface area contributed by atoms with Crippen LogP contribution in [0.25, 0.3) is 4.85 Å². The third-order valence-corrected chi connectivity index (χ3v) is 4.03. The summed E-state index contributed by atoms with van der Waals surface area (Å²) in [6, 6.07) is 10.9. The number of benzene rings is 1. The first-order valence-corrected chi connectivity index (χ1v) is 7.87. The topological polar surface area (TPSA) is 52.8 Å². The molecule has 122 valence electrons. The normalized spacial score (nSPS) is 14.2. The zero-order valence-electron chi connectivity index (χ0n) is 13.6. The number of rotatable bonds is 2. The predicted molar refractivity (Wildman–Crippen MR) is 94.5 cm³/mol. The smallest absolute Gasteiger partial charge is 0.321 e. The molecular weight excluding hydrogens is 302 g/mol. The number of aryl methyl sites for hydroxylation is 1. The van der Waals surface area contributed by atoms with Crippen molar-refractivity contribution >= 4 is 23.2 Å². The number of amides is 2. The standard InChI is InChI=1S/C18H19N5O/c1-14-3-8-17(20-13-14)22-9-11-23(12-10-22)18(24)21-16-6-4-15(19-2)5-7-16/h3-8,13H,9-12H2,1H3,(H,21,24). The number of anilines is 2. The van der Waals surface area contributed by atoms with E-state index in [2.05, 4.69) is 20.0 Å². The van der Waals surface area contributed by atoms with E-state index in [0.717, 1.165) is 24.5 Å². The number of piperazine rings is 1. The molecule has 0 unspecified atom stereocenters. The van der Waals surface area contributed by atoms with Gasteiger partial charge in [-0.1, -0.05) is 18.2 Å². The maximum atomic E-state index is 12.3. The Balaban J connectivity index is 1.54. The number of aromatic nitrogens is 1. The van der Waals surface area contributed by atoms with Gasteiger partial charge in [0.05, 0.1) is 6.57 Å². The molecule has 1 fully saturated rings. The van der Waals surface area contributed by atoms with Gasteiger partial charge in [0.25, 0.3) is 0 Å². The molecule has 6 heteroatoms. The first-order valence-electron chi connectivity index (χ1n) is 7.87. The van der Waals surface area contributed by atoms with Crippen molar-refractivity contribution in [1.29, 1.82) is 0 Å². The molecule has 0 spiro atoms. The van der Waals surface area contributed by atoms with Crippen molar-refractivity contribution in [1.82, 2.24) is 9.88 Å². The molecule has 0 atom stereocenters. The third kappa shape index (κ3) is 3.63. The van der Waals surface area contributed by atoms with Crippen LogP contribution in [0.3, 0.4) is 0 Å². The van der Waals surface area contributed by atoms with E-state index in [0.29, 0.717) is 24.5 Å². The number of carbonyl (C=O) groups is 1. The number of hydrogen-bond donors (Lipinski definition) is 1. The van der Waals surface area contributed by atoms with Gasteiger partial charge in [-0.25, -0.2) is 14.6 Å². The van der Waals surface area contributed by atoms with Crippen LogP contribution in [0.15, 0.2) is 42.6 Å². The zero-order chi connectivity index (χ0) is 16.9. The minimum absolute atomic E-state index is 0.109. The summed E-state index contributed by atoms with van der Waals surface area (Å²) >= 11 is 0. The maximum absolute atomic E-state index is 12.3. The lowest BCUT2D eigenvalue weighted by atomic mass is 10.2. The molecule has 24 heavy (non-hydrogen) atoms. The van der Waals surface area contributed by atoms with Gasteiger partial charge >= 0.3 is 6.03 Å². The molecule has 0 radical (unpaired) electrons. The van der Waals surface area contributed by atoms with Crippen LogP contribution in [0.5, 0.6) is 0 Å². The van der Waals surface area contributed by atoms with Crippen LogP contribution in [0, 0.1) is 13.5 Å². The average Bonchev–Trinajstić information content (AvgIpc) is 2.63. The number of hydrogen-bond acceptors (Lipinski definition) is 3. The number of nitrogens with one attached hydrogen (secondary N) is 1. The second-order valence-electron chi connectivity index (χ2n) is 5.76. The van der Waals surface area contributed by atoms with Crippen molar-refractivity contribution in [2.24, 2.45) is 0 Å². The first-order chi connectivity index (χ1) is 11.7. The molecule has 2 aromatic rings. The second-order valence-corrected chi connectivity index (χ2v) is 5.76. The van der Waals surface area contributed by atoms with E-state index >= 15 is 0 Å². The Kier molecular flexibility index (Phi) is 4.62. The van der Waals surface area contributed by atoms with Crippen LogP contribution in [0.4, 0.5) is 22.0 Å². The van der Waals surface area contributed by atoms with E-state index in [9.17, 15) is 4.79 Å². The second kappa shape index (κ2) is 7.01. The van der Waals surface area contributed by atoms with Gasteiger partial charge in [-0.05, 0) is 30.7 Å². The molecule has 1 saturated heterocycles. The van der Waals surface area contributed by atoms with Gasteiger partial charge in [-0.3, -0.25) is 0 Å². The molecule has 6 nitrogen and oxygen atoms in total. The number of carbonyl (C=O) groups excluding carboxylic acids is 1. The summed E-state index contributed by atoms with van der Waals surface area (Å²) in [7, 11) is 0. The van der Waals surface area contributed by atoms with Gasteiger partial charge in [-0.2, -0.15) is 0 Å². The highest BCUT2D eigenvalue weighted by Crippen LogP contribution is 2.17. The Hall–Kier alpha value is -3.07. The van der Waals surface area contributed by atoms with Gasteiger partial charge < -0.3 is 15.1 Å². The Morgan fingerprint density at radius 3 is 2.42 bits per heavy atom. The summed E-state index contributed by atoms with van der Waals surface area (Å²) in [4.78, 5) is 24.1. The Morgan fingerprint density at radius 1 is 1.12 bits per heavy atom. The van der Waals surface area contributed by atoms with E-state index in [4.69, 9.17) is 6.57 Å². The van der Waals surface area contributed by atoms with Crippen molar-refractivity contribution in [3.63, 3.8) is 0 Å². The van der Waals surface area contributed by atoms with Crippen LogP contribution in [0.2, 0.25) is 0 Å². The van der Waals surface area contributed by atoms with Crippen LogP contribution < -0.4 is 10.2 Å². The predicted octanol–water partition coefficient (Wildman–Crippen LogP) is 3.29. The molecule has 0 bridgehead atoms. The number of nitrogens with zero attached hydrogens (tertiary/aromatic N) is 4. The van der Waals surface area contributed by atoms with Crippen molar-refractivity contribution in [2.75, 3.05) is 36.4 Å². The summed E-state index contributed by atoms with van der Waals surface area (Å²) in [6.07, 6.45) is 1.86. The van der Waals surface area contributed by atoms with Crippen LogP contribution in [-0.2, 0) is 0 Å². The lowest BCUT2D eigenvalue weighted by Gasteiger charge is -2.35. The quantitative estimate of drug-likeness (QED) is 0.864. The Labute approximate surface area is 141 Å². The fourth-order valence-electron chi connectivity index (χ4n) is 2.61. The van der Waals surface area contributed by atoms with Gasteiger partial charge in [0, 0.05) is 38.1 Å². The van der Waals surface area contributed by atoms with Gasteiger partial charge in [0.1, 0.15) is 5.82 Å². The zero-order valence-corrected chi connectivity index (χ0v) is 13.6. The minimum atomic E-state index is -0.109. The molecule has 1 N–H and O–H groups in total. The molecule has 2 heterocycles.